The van der Waals surface area contributed by atoms with E-state index in [2.05, 4.69) is 15.2 Å². The number of H-pyrrole nitrogens is 2. The minimum Gasteiger partial charge on any atom is -0.324 e. The highest BCUT2D eigenvalue weighted by atomic mass is 19.1. The van der Waals surface area contributed by atoms with Gasteiger partial charge in [-0.05, 0) is 31.2 Å². The van der Waals surface area contributed by atoms with Crippen LogP contribution in [0.5, 0.6) is 0 Å². The van der Waals surface area contributed by atoms with Gasteiger partial charge >= 0.3 is 0 Å². The van der Waals surface area contributed by atoms with Gasteiger partial charge in [-0.15, -0.1) is 0 Å². The Labute approximate surface area is 118 Å². The molecule has 0 amide bonds. The lowest BCUT2D eigenvalue weighted by Crippen LogP contribution is -2.08. The molecule has 6 heteroatoms. The Morgan fingerprint density at radius 3 is 2.86 bits per heavy atom. The van der Waals surface area contributed by atoms with Crippen LogP contribution in [-0.2, 0) is 0 Å². The lowest BCUT2D eigenvalue weighted by Gasteiger charge is -2.09. The second-order valence-corrected chi connectivity index (χ2v) is 4.96. The molecule has 0 aliphatic rings. The molecule has 4 rings (SSSR count). The molecule has 0 aliphatic heterocycles. The molecule has 0 saturated carbocycles. The number of nitrogens with zero attached hydrogens (tertiary/aromatic N) is 2. The molecular formula is C15H11FN4O. The maximum Gasteiger partial charge on any atom is 0.248 e. The molecule has 0 saturated heterocycles. The average Bonchev–Trinajstić information content (AvgIpc) is 3.00. The van der Waals surface area contributed by atoms with Crippen LogP contribution in [0.2, 0.25) is 0 Å². The zero-order valence-electron chi connectivity index (χ0n) is 11.1. The lowest BCUT2D eigenvalue weighted by molar-refractivity contribution is 0.629. The fourth-order valence-electron chi connectivity index (χ4n) is 2.75. The van der Waals surface area contributed by atoms with Crippen LogP contribution in [0.15, 0.2) is 41.3 Å². The highest BCUT2D eigenvalue weighted by Gasteiger charge is 2.15. The van der Waals surface area contributed by atoms with Gasteiger partial charge < -0.3 is 9.55 Å². The van der Waals surface area contributed by atoms with Crippen molar-refractivity contribution in [1.29, 1.82) is 0 Å². The highest BCUT2D eigenvalue weighted by molar-refractivity contribution is 6.06. The standard InChI is InChI=1S/C15H11FN4O/c1-8-11(4-5-14(21)18-8)20-12-3-2-9(16)6-10(12)15-13(20)7-17-19-15/h2-7H,1H3,(H,17,19)(H,18,21). The summed E-state index contributed by atoms with van der Waals surface area (Å²) < 4.78 is 15.5. The molecule has 0 unspecified atom stereocenters. The Balaban J connectivity index is 2.19. The molecular weight excluding hydrogens is 271 g/mol. The number of hydrogen-bond donors (Lipinski definition) is 2. The molecule has 0 bridgehead atoms. The summed E-state index contributed by atoms with van der Waals surface area (Å²) in [6.45, 7) is 1.83. The third kappa shape index (κ3) is 1.62. The number of pyridine rings is 1. The van der Waals surface area contributed by atoms with E-state index >= 15 is 0 Å². The third-order valence-electron chi connectivity index (χ3n) is 3.66. The number of hydrogen-bond acceptors (Lipinski definition) is 2. The molecule has 0 radical (unpaired) electrons. The summed E-state index contributed by atoms with van der Waals surface area (Å²) in [6, 6.07) is 7.86. The molecule has 4 aromatic rings. The van der Waals surface area contributed by atoms with Crippen molar-refractivity contribution in [1.82, 2.24) is 19.7 Å². The van der Waals surface area contributed by atoms with Crippen molar-refractivity contribution >= 4 is 21.9 Å². The van der Waals surface area contributed by atoms with E-state index in [1.54, 1.807) is 18.3 Å². The number of aromatic amines is 2. The predicted molar refractivity (Wildman–Crippen MR) is 78.2 cm³/mol. The van der Waals surface area contributed by atoms with Gasteiger partial charge in [-0.1, -0.05) is 0 Å². The van der Waals surface area contributed by atoms with E-state index in [0.717, 1.165) is 33.3 Å². The van der Waals surface area contributed by atoms with E-state index in [4.69, 9.17) is 0 Å². The number of aryl methyl sites for hydroxylation is 1. The number of halogens is 1. The van der Waals surface area contributed by atoms with E-state index in [-0.39, 0.29) is 11.4 Å². The van der Waals surface area contributed by atoms with Crippen molar-refractivity contribution in [3.05, 3.63) is 58.4 Å². The van der Waals surface area contributed by atoms with E-state index < -0.39 is 0 Å². The summed E-state index contributed by atoms with van der Waals surface area (Å²) >= 11 is 0. The summed E-state index contributed by atoms with van der Waals surface area (Å²) in [4.78, 5) is 14.2. The molecule has 104 valence electrons. The minimum absolute atomic E-state index is 0.151. The zero-order valence-corrected chi connectivity index (χ0v) is 11.1. The van der Waals surface area contributed by atoms with Crippen LogP contribution < -0.4 is 5.56 Å². The van der Waals surface area contributed by atoms with Crippen LogP contribution in [0.25, 0.3) is 27.6 Å². The first-order chi connectivity index (χ1) is 10.1. The van der Waals surface area contributed by atoms with Gasteiger partial charge in [-0.25, -0.2) is 4.39 Å². The smallest absolute Gasteiger partial charge is 0.248 e. The van der Waals surface area contributed by atoms with Gasteiger partial charge in [0.1, 0.15) is 5.82 Å². The van der Waals surface area contributed by atoms with Crippen molar-refractivity contribution in [2.24, 2.45) is 0 Å². The van der Waals surface area contributed by atoms with E-state index in [1.807, 2.05) is 11.5 Å². The van der Waals surface area contributed by atoms with Crippen LogP contribution in [0, 0.1) is 12.7 Å². The van der Waals surface area contributed by atoms with Gasteiger partial charge in [0.25, 0.3) is 0 Å². The first-order valence-electron chi connectivity index (χ1n) is 6.48. The monoisotopic (exact) mass is 282 g/mol. The van der Waals surface area contributed by atoms with Crippen molar-refractivity contribution < 1.29 is 4.39 Å². The molecule has 0 aliphatic carbocycles. The molecule has 0 atom stereocenters. The first kappa shape index (κ1) is 11.9. The van der Waals surface area contributed by atoms with Crippen LogP contribution >= 0.6 is 0 Å². The predicted octanol–water partition coefficient (Wildman–Crippen LogP) is 2.64. The number of aromatic nitrogens is 4. The van der Waals surface area contributed by atoms with Crippen molar-refractivity contribution in [2.45, 2.75) is 6.92 Å². The molecule has 3 heterocycles. The molecule has 1 aromatic carbocycles. The second-order valence-electron chi connectivity index (χ2n) is 4.96. The van der Waals surface area contributed by atoms with Crippen molar-refractivity contribution in [3.63, 3.8) is 0 Å². The Kier molecular flexibility index (Phi) is 2.29. The number of rotatable bonds is 1. The molecule has 5 nitrogen and oxygen atoms in total. The van der Waals surface area contributed by atoms with Gasteiger partial charge in [0.05, 0.1) is 28.4 Å². The van der Waals surface area contributed by atoms with Crippen LogP contribution in [0.1, 0.15) is 5.69 Å². The van der Waals surface area contributed by atoms with Gasteiger partial charge in [0.15, 0.2) is 0 Å². The minimum atomic E-state index is -0.297. The van der Waals surface area contributed by atoms with E-state index in [0.29, 0.717) is 0 Å². The Bertz CT molecular complexity index is 1040. The van der Waals surface area contributed by atoms with Gasteiger partial charge in [-0.3, -0.25) is 9.89 Å². The van der Waals surface area contributed by atoms with E-state index in [9.17, 15) is 9.18 Å². The SMILES string of the molecule is Cc1[nH]c(=O)ccc1-n1c2ccc(F)cc2c2[nH]ncc21. The van der Waals surface area contributed by atoms with Crippen LogP contribution in [0.4, 0.5) is 4.39 Å². The maximum atomic E-state index is 13.5. The number of nitrogens with one attached hydrogen (secondary N) is 2. The number of benzene rings is 1. The summed E-state index contributed by atoms with van der Waals surface area (Å²) in [6.07, 6.45) is 1.69. The number of fused-ring (bicyclic) bond motifs is 3. The zero-order chi connectivity index (χ0) is 14.6. The Hall–Kier alpha value is -2.89. The molecule has 0 spiro atoms. The van der Waals surface area contributed by atoms with Crippen LogP contribution in [-0.4, -0.2) is 19.7 Å². The topological polar surface area (TPSA) is 66.5 Å². The fraction of sp³-hybridized carbons (Fsp3) is 0.0667. The van der Waals surface area contributed by atoms with Crippen LogP contribution in [0.3, 0.4) is 0 Å². The summed E-state index contributed by atoms with van der Waals surface area (Å²) in [7, 11) is 0. The second kappa shape index (κ2) is 4.05. The maximum absolute atomic E-state index is 13.5. The quantitative estimate of drug-likeness (QED) is 0.563. The highest BCUT2D eigenvalue weighted by Crippen LogP contribution is 2.31. The third-order valence-corrected chi connectivity index (χ3v) is 3.66. The lowest BCUT2D eigenvalue weighted by atomic mass is 10.2. The van der Waals surface area contributed by atoms with Gasteiger partial charge in [0, 0.05) is 17.1 Å². The van der Waals surface area contributed by atoms with Crippen molar-refractivity contribution in [3.8, 4) is 5.69 Å². The average molecular weight is 282 g/mol. The van der Waals surface area contributed by atoms with Gasteiger partial charge in [-0.2, -0.15) is 5.10 Å². The fourth-order valence-corrected chi connectivity index (χ4v) is 2.75. The molecule has 2 N–H and O–H groups in total. The van der Waals surface area contributed by atoms with E-state index in [1.165, 1.54) is 18.2 Å². The summed E-state index contributed by atoms with van der Waals surface area (Å²) in [5, 5.41) is 7.69. The molecule has 0 fully saturated rings. The first-order valence-corrected chi connectivity index (χ1v) is 6.48. The summed E-state index contributed by atoms with van der Waals surface area (Å²) in [5.74, 6) is -0.297. The molecule has 21 heavy (non-hydrogen) atoms. The largest absolute Gasteiger partial charge is 0.324 e. The molecule has 3 aromatic heterocycles. The summed E-state index contributed by atoms with van der Waals surface area (Å²) in [5.41, 5.74) is 3.90. The van der Waals surface area contributed by atoms with Crippen molar-refractivity contribution in [2.75, 3.05) is 0 Å². The normalized spacial score (nSPS) is 11.5. The Morgan fingerprint density at radius 2 is 2.05 bits per heavy atom. The Morgan fingerprint density at radius 1 is 1.19 bits per heavy atom. The van der Waals surface area contributed by atoms with Gasteiger partial charge in [0.2, 0.25) is 5.56 Å².